The van der Waals surface area contributed by atoms with Crippen LogP contribution in [0.15, 0.2) is 66.7 Å². The maximum atomic E-state index is 12.6. The first-order valence-electron chi connectivity index (χ1n) is 10.4. The van der Waals surface area contributed by atoms with Gasteiger partial charge in [0.2, 0.25) is 0 Å². The first-order chi connectivity index (χ1) is 16.0. The second-order valence-electron chi connectivity index (χ2n) is 7.46. The van der Waals surface area contributed by atoms with Crippen LogP contribution in [0.3, 0.4) is 0 Å². The first kappa shape index (κ1) is 22.0. The van der Waals surface area contributed by atoms with Gasteiger partial charge in [-0.25, -0.2) is 9.78 Å². The van der Waals surface area contributed by atoms with Gasteiger partial charge in [0.25, 0.3) is 0 Å². The number of aryl methyl sites for hydroxylation is 1. The molecule has 7 heteroatoms. The summed E-state index contributed by atoms with van der Waals surface area (Å²) >= 11 is 0. The summed E-state index contributed by atoms with van der Waals surface area (Å²) in [5.41, 5.74) is 4.91. The van der Waals surface area contributed by atoms with Gasteiger partial charge in [0.05, 0.1) is 38.2 Å². The smallest absolute Gasteiger partial charge is 0.323 e. The molecule has 0 aliphatic heterocycles. The minimum absolute atomic E-state index is 0.402. The third-order valence-corrected chi connectivity index (χ3v) is 5.22. The maximum absolute atomic E-state index is 12.6. The van der Waals surface area contributed by atoms with Crippen molar-refractivity contribution in [3.63, 3.8) is 0 Å². The summed E-state index contributed by atoms with van der Waals surface area (Å²) in [6, 6.07) is 20.3. The molecule has 0 aliphatic carbocycles. The van der Waals surface area contributed by atoms with Crippen molar-refractivity contribution in [1.29, 1.82) is 0 Å². The average Bonchev–Trinajstić information content (AvgIpc) is 2.83. The highest BCUT2D eigenvalue weighted by Crippen LogP contribution is 2.32. The molecule has 0 saturated carbocycles. The van der Waals surface area contributed by atoms with E-state index in [1.807, 2.05) is 43.3 Å². The van der Waals surface area contributed by atoms with E-state index in [2.05, 4.69) is 16.7 Å². The van der Waals surface area contributed by atoms with Crippen molar-refractivity contribution < 1.29 is 19.0 Å². The third-order valence-electron chi connectivity index (χ3n) is 5.22. The number of hydrogen-bond acceptors (Lipinski definition) is 5. The summed E-state index contributed by atoms with van der Waals surface area (Å²) in [4.78, 5) is 17.4. The van der Waals surface area contributed by atoms with Crippen LogP contribution in [-0.2, 0) is 0 Å². The molecular weight excluding hydrogens is 418 g/mol. The van der Waals surface area contributed by atoms with Crippen LogP contribution in [0.2, 0.25) is 0 Å². The second kappa shape index (κ2) is 9.48. The Bertz CT molecular complexity index is 1320. The van der Waals surface area contributed by atoms with Crippen LogP contribution in [0.1, 0.15) is 5.56 Å². The number of amides is 2. The van der Waals surface area contributed by atoms with Gasteiger partial charge < -0.3 is 24.8 Å². The zero-order chi connectivity index (χ0) is 23.4. The number of carbonyl (C=O) groups is 1. The van der Waals surface area contributed by atoms with Crippen LogP contribution in [0.4, 0.5) is 16.2 Å². The SMILES string of the molecule is COc1ccc(NC(=O)Nc2ccc3nc(-c4cccc(C)c4)cc(OC)c3c2)c(OC)c1. The van der Waals surface area contributed by atoms with Crippen molar-refractivity contribution in [2.24, 2.45) is 0 Å². The van der Waals surface area contributed by atoms with E-state index in [0.29, 0.717) is 28.6 Å². The molecule has 168 valence electrons. The van der Waals surface area contributed by atoms with Crippen LogP contribution >= 0.6 is 0 Å². The minimum Gasteiger partial charge on any atom is -0.497 e. The Labute approximate surface area is 192 Å². The molecule has 0 bridgehead atoms. The van der Waals surface area contributed by atoms with E-state index in [4.69, 9.17) is 19.2 Å². The zero-order valence-corrected chi connectivity index (χ0v) is 18.9. The third kappa shape index (κ3) is 4.82. The van der Waals surface area contributed by atoms with Gasteiger partial charge in [-0.3, -0.25) is 0 Å². The predicted octanol–water partition coefficient (Wildman–Crippen LogP) is 5.88. The standard InChI is InChI=1S/C26H25N3O4/c1-16-6-5-7-17(12-16)23-15-24(32-3)20-13-18(8-10-21(20)28-23)27-26(30)29-22-11-9-19(31-2)14-25(22)33-4/h5-15H,1-4H3,(H2,27,29,30). The summed E-state index contributed by atoms with van der Waals surface area (Å²) in [5, 5.41) is 6.44. The number of aromatic nitrogens is 1. The molecule has 0 atom stereocenters. The molecule has 0 radical (unpaired) electrons. The number of methoxy groups -OCH3 is 3. The van der Waals surface area contributed by atoms with Gasteiger partial charge in [-0.05, 0) is 43.3 Å². The van der Waals surface area contributed by atoms with E-state index in [0.717, 1.165) is 27.7 Å². The van der Waals surface area contributed by atoms with Crippen molar-refractivity contribution in [1.82, 2.24) is 4.98 Å². The van der Waals surface area contributed by atoms with Crippen molar-refractivity contribution in [3.8, 4) is 28.5 Å². The highest BCUT2D eigenvalue weighted by molar-refractivity contribution is 6.02. The molecular formula is C26H25N3O4. The Hall–Kier alpha value is -4.26. The van der Waals surface area contributed by atoms with E-state index in [-0.39, 0.29) is 0 Å². The van der Waals surface area contributed by atoms with Crippen LogP contribution in [0.25, 0.3) is 22.2 Å². The summed E-state index contributed by atoms with van der Waals surface area (Å²) in [7, 11) is 4.73. The van der Waals surface area contributed by atoms with Gasteiger partial charge in [0, 0.05) is 28.8 Å². The molecule has 0 aliphatic rings. The normalized spacial score (nSPS) is 10.5. The van der Waals surface area contributed by atoms with Gasteiger partial charge in [0.15, 0.2) is 0 Å². The molecule has 7 nitrogen and oxygen atoms in total. The highest BCUT2D eigenvalue weighted by Gasteiger charge is 2.12. The van der Waals surface area contributed by atoms with Gasteiger partial charge in [-0.15, -0.1) is 0 Å². The van der Waals surface area contributed by atoms with Crippen molar-refractivity contribution in [2.75, 3.05) is 32.0 Å². The largest absolute Gasteiger partial charge is 0.497 e. The number of hydrogen-bond donors (Lipinski definition) is 2. The van der Waals surface area contributed by atoms with E-state index >= 15 is 0 Å². The van der Waals surface area contributed by atoms with Crippen LogP contribution in [0.5, 0.6) is 17.2 Å². The van der Waals surface area contributed by atoms with Gasteiger partial charge in [0.1, 0.15) is 17.2 Å². The van der Waals surface area contributed by atoms with Crippen molar-refractivity contribution in [2.45, 2.75) is 6.92 Å². The van der Waals surface area contributed by atoms with E-state index in [1.54, 1.807) is 38.5 Å². The molecule has 3 aromatic carbocycles. The lowest BCUT2D eigenvalue weighted by Crippen LogP contribution is -2.19. The van der Waals surface area contributed by atoms with Gasteiger partial charge in [-0.1, -0.05) is 23.8 Å². The molecule has 0 spiro atoms. The summed E-state index contributed by atoms with van der Waals surface area (Å²) in [5.74, 6) is 1.81. The van der Waals surface area contributed by atoms with Gasteiger partial charge >= 0.3 is 6.03 Å². The summed E-state index contributed by atoms with van der Waals surface area (Å²) < 4.78 is 16.2. The first-order valence-corrected chi connectivity index (χ1v) is 10.4. The fourth-order valence-electron chi connectivity index (χ4n) is 3.58. The molecule has 2 N–H and O–H groups in total. The molecule has 0 unspecified atom stereocenters. The zero-order valence-electron chi connectivity index (χ0n) is 18.9. The van der Waals surface area contributed by atoms with Crippen molar-refractivity contribution in [3.05, 3.63) is 72.3 Å². The summed E-state index contributed by atoms with van der Waals surface area (Å²) in [6.45, 7) is 2.05. The number of pyridine rings is 1. The molecule has 0 fully saturated rings. The lowest BCUT2D eigenvalue weighted by atomic mass is 10.1. The van der Waals surface area contributed by atoms with Crippen LogP contribution in [0, 0.1) is 6.92 Å². The molecule has 1 heterocycles. The minimum atomic E-state index is -0.402. The lowest BCUT2D eigenvalue weighted by molar-refractivity contribution is 0.262. The molecule has 0 saturated heterocycles. The Balaban J connectivity index is 1.59. The fourth-order valence-corrected chi connectivity index (χ4v) is 3.58. The number of fused-ring (bicyclic) bond motifs is 1. The van der Waals surface area contributed by atoms with Crippen molar-refractivity contribution >= 4 is 28.3 Å². The molecule has 4 rings (SSSR count). The Morgan fingerprint density at radius 1 is 0.818 bits per heavy atom. The number of ether oxygens (including phenoxy) is 3. The number of carbonyl (C=O) groups excluding carboxylic acids is 1. The fraction of sp³-hybridized carbons (Fsp3) is 0.154. The van der Waals surface area contributed by atoms with E-state index in [9.17, 15) is 4.79 Å². The molecule has 4 aromatic rings. The van der Waals surface area contributed by atoms with E-state index < -0.39 is 6.03 Å². The number of nitrogens with zero attached hydrogens (tertiary/aromatic N) is 1. The number of benzene rings is 3. The quantitative estimate of drug-likeness (QED) is 0.389. The molecule has 33 heavy (non-hydrogen) atoms. The Morgan fingerprint density at radius 2 is 1.64 bits per heavy atom. The second-order valence-corrected chi connectivity index (χ2v) is 7.46. The topological polar surface area (TPSA) is 81.7 Å². The number of nitrogens with one attached hydrogen (secondary N) is 2. The monoisotopic (exact) mass is 443 g/mol. The van der Waals surface area contributed by atoms with Crippen LogP contribution < -0.4 is 24.8 Å². The Kier molecular flexibility index (Phi) is 6.31. The van der Waals surface area contributed by atoms with E-state index in [1.165, 1.54) is 7.11 Å². The van der Waals surface area contributed by atoms with Crippen LogP contribution in [-0.4, -0.2) is 32.3 Å². The Morgan fingerprint density at radius 3 is 2.36 bits per heavy atom. The average molecular weight is 444 g/mol. The van der Waals surface area contributed by atoms with Gasteiger partial charge in [-0.2, -0.15) is 0 Å². The number of urea groups is 1. The maximum Gasteiger partial charge on any atom is 0.323 e. The molecule has 2 amide bonds. The summed E-state index contributed by atoms with van der Waals surface area (Å²) in [6.07, 6.45) is 0. The number of anilines is 2. The highest BCUT2D eigenvalue weighted by atomic mass is 16.5. The molecule has 1 aromatic heterocycles. The lowest BCUT2D eigenvalue weighted by Gasteiger charge is -2.13. The predicted molar refractivity (Wildman–Crippen MR) is 131 cm³/mol. The number of rotatable bonds is 6.